The number of hydrogen-bond acceptors (Lipinski definition) is 8. The Bertz CT molecular complexity index is 2380. The first-order valence-corrected chi connectivity index (χ1v) is 13.6. The van der Waals surface area contributed by atoms with Gasteiger partial charge in [0.25, 0.3) is 0 Å². The monoisotopic (exact) mass is 666 g/mol. The summed E-state index contributed by atoms with van der Waals surface area (Å²) < 4.78 is 81.6. The summed E-state index contributed by atoms with van der Waals surface area (Å²) in [5.74, 6) is 0. The van der Waals surface area contributed by atoms with Gasteiger partial charge in [0.05, 0.1) is 45.5 Å². The van der Waals surface area contributed by atoms with Crippen molar-refractivity contribution in [3.63, 3.8) is 0 Å². The molecule has 3 aromatic rings. The summed E-state index contributed by atoms with van der Waals surface area (Å²) in [5.41, 5.74) is -7.21. The summed E-state index contributed by atoms with van der Waals surface area (Å²) >= 11 is 0. The van der Waals surface area contributed by atoms with Crippen LogP contribution in [-0.4, -0.2) is 0 Å². The molecule has 0 fully saturated rings. The molecule has 0 N–H and O–H groups in total. The lowest BCUT2D eigenvalue weighted by Gasteiger charge is -2.13. The van der Waals surface area contributed by atoms with Crippen molar-refractivity contribution in [2.24, 2.45) is 0 Å². The van der Waals surface area contributed by atoms with E-state index >= 15 is 0 Å². The SMILES string of the molecule is N#CC(C#N)=C1C(c2ccc(C(F)(F)F)c(C#N)c2)=C(C#N)c2cc3c(cc21)C(C#N)=C(c1ccc(C(F)(F)F)c(C#N)c1)C3=C(C#N)C#N. The van der Waals surface area contributed by atoms with Crippen molar-refractivity contribution in [3.05, 3.63) is 115 Å². The van der Waals surface area contributed by atoms with Crippen molar-refractivity contribution in [2.75, 3.05) is 0 Å². The Hall–Kier alpha value is -7.88. The van der Waals surface area contributed by atoms with E-state index in [1.54, 1.807) is 24.3 Å². The molecular formula is C36H8F6N8. The second kappa shape index (κ2) is 12.0. The highest BCUT2D eigenvalue weighted by molar-refractivity contribution is 6.29. The fourth-order valence-electron chi connectivity index (χ4n) is 5.90. The maximum Gasteiger partial charge on any atom is 0.417 e. The average molecular weight is 667 g/mol. The minimum atomic E-state index is -4.92. The molecule has 0 aliphatic heterocycles. The van der Waals surface area contributed by atoms with Gasteiger partial charge in [0.2, 0.25) is 0 Å². The normalized spacial score (nSPS) is 13.0. The zero-order chi connectivity index (χ0) is 36.7. The molecule has 14 heteroatoms. The quantitative estimate of drug-likeness (QED) is 0.194. The van der Waals surface area contributed by atoms with Crippen molar-refractivity contribution in [3.8, 4) is 48.6 Å². The van der Waals surface area contributed by atoms with Crippen molar-refractivity contribution in [1.82, 2.24) is 0 Å². The van der Waals surface area contributed by atoms with Crippen LogP contribution in [0.2, 0.25) is 0 Å². The van der Waals surface area contributed by atoms with Crippen molar-refractivity contribution in [1.29, 1.82) is 42.1 Å². The van der Waals surface area contributed by atoms with E-state index in [1.165, 1.54) is 24.3 Å². The summed E-state index contributed by atoms with van der Waals surface area (Å²) in [6.45, 7) is 0. The van der Waals surface area contributed by atoms with E-state index in [1.807, 2.05) is 12.1 Å². The molecule has 0 atom stereocenters. The van der Waals surface area contributed by atoms with Gasteiger partial charge in [0.15, 0.2) is 0 Å². The Morgan fingerprint density at radius 3 is 1.04 bits per heavy atom. The van der Waals surface area contributed by atoms with Crippen LogP contribution in [0.3, 0.4) is 0 Å². The van der Waals surface area contributed by atoms with Gasteiger partial charge in [0, 0.05) is 33.4 Å². The molecule has 5 rings (SSSR count). The van der Waals surface area contributed by atoms with Gasteiger partial charge in [-0.15, -0.1) is 0 Å². The Balaban J connectivity index is 1.90. The topological polar surface area (TPSA) is 190 Å². The molecule has 8 nitrogen and oxygen atoms in total. The number of benzene rings is 3. The van der Waals surface area contributed by atoms with Gasteiger partial charge in [-0.25, -0.2) is 0 Å². The smallest absolute Gasteiger partial charge is 0.192 e. The molecule has 2 aliphatic carbocycles. The van der Waals surface area contributed by atoms with Crippen LogP contribution in [0, 0.1) is 90.6 Å². The van der Waals surface area contributed by atoms with Crippen molar-refractivity contribution < 1.29 is 26.3 Å². The molecule has 0 radical (unpaired) electrons. The van der Waals surface area contributed by atoms with Crippen LogP contribution in [-0.2, 0) is 12.4 Å². The first-order chi connectivity index (χ1) is 23.7. The number of halogens is 6. The van der Waals surface area contributed by atoms with Crippen LogP contribution < -0.4 is 0 Å². The minimum Gasteiger partial charge on any atom is -0.192 e. The molecule has 0 heterocycles. The third-order valence-electron chi connectivity index (χ3n) is 7.87. The zero-order valence-electron chi connectivity index (χ0n) is 24.5. The van der Waals surface area contributed by atoms with Gasteiger partial charge >= 0.3 is 12.4 Å². The van der Waals surface area contributed by atoms with Crippen molar-refractivity contribution >= 4 is 33.4 Å². The predicted molar refractivity (Wildman–Crippen MR) is 160 cm³/mol. The fraction of sp³-hybridized carbons (Fsp3) is 0.0556. The minimum absolute atomic E-state index is 0.0271. The summed E-state index contributed by atoms with van der Waals surface area (Å²) in [7, 11) is 0. The summed E-state index contributed by atoms with van der Waals surface area (Å²) in [5, 5.41) is 79.3. The average Bonchev–Trinajstić information content (AvgIpc) is 3.58. The number of nitriles is 8. The highest BCUT2D eigenvalue weighted by Crippen LogP contribution is 2.54. The summed E-state index contributed by atoms with van der Waals surface area (Å²) in [4.78, 5) is 0. The lowest BCUT2D eigenvalue weighted by atomic mass is 9.89. The lowest BCUT2D eigenvalue weighted by Crippen LogP contribution is -2.08. The van der Waals surface area contributed by atoms with Gasteiger partial charge in [0.1, 0.15) is 47.6 Å². The van der Waals surface area contributed by atoms with Gasteiger partial charge in [-0.1, -0.05) is 12.1 Å². The van der Waals surface area contributed by atoms with Crippen LogP contribution in [0.1, 0.15) is 55.6 Å². The molecule has 0 spiro atoms. The Kier molecular flexibility index (Phi) is 8.07. The van der Waals surface area contributed by atoms with E-state index < -0.39 is 45.8 Å². The van der Waals surface area contributed by atoms with Crippen molar-refractivity contribution in [2.45, 2.75) is 12.4 Å². The van der Waals surface area contributed by atoms with Crippen LogP contribution in [0.25, 0.3) is 33.4 Å². The van der Waals surface area contributed by atoms with Crippen LogP contribution >= 0.6 is 0 Å². The highest BCUT2D eigenvalue weighted by atomic mass is 19.4. The van der Waals surface area contributed by atoms with Crippen LogP contribution in [0.15, 0.2) is 59.7 Å². The fourth-order valence-corrected chi connectivity index (χ4v) is 5.90. The molecule has 234 valence electrons. The predicted octanol–water partition coefficient (Wildman–Crippen LogP) is 7.97. The van der Waals surface area contributed by atoms with Gasteiger partial charge in [-0.2, -0.15) is 68.4 Å². The van der Waals surface area contributed by atoms with E-state index in [9.17, 15) is 68.4 Å². The van der Waals surface area contributed by atoms with E-state index in [0.717, 1.165) is 24.3 Å². The van der Waals surface area contributed by atoms with E-state index in [-0.39, 0.29) is 66.8 Å². The maximum absolute atomic E-state index is 13.6. The van der Waals surface area contributed by atoms with Gasteiger partial charge < -0.3 is 0 Å². The van der Waals surface area contributed by atoms with Crippen LogP contribution in [0.4, 0.5) is 26.3 Å². The first kappa shape index (κ1) is 33.5. The molecule has 50 heavy (non-hydrogen) atoms. The van der Waals surface area contributed by atoms with Gasteiger partial charge in [-0.3, -0.25) is 0 Å². The molecule has 0 unspecified atom stereocenters. The molecule has 0 saturated heterocycles. The summed E-state index contributed by atoms with van der Waals surface area (Å²) in [6.07, 6.45) is -9.83. The van der Waals surface area contributed by atoms with E-state index in [2.05, 4.69) is 0 Å². The molecule has 0 bridgehead atoms. The molecule has 0 saturated carbocycles. The number of fused-ring (bicyclic) bond motifs is 2. The Morgan fingerprint density at radius 2 is 0.780 bits per heavy atom. The van der Waals surface area contributed by atoms with E-state index in [0.29, 0.717) is 12.1 Å². The third kappa shape index (κ3) is 5.06. The second-order valence-corrected chi connectivity index (χ2v) is 10.4. The number of allylic oxidation sites excluding steroid dienone is 8. The number of rotatable bonds is 2. The number of alkyl halides is 6. The molecule has 2 aliphatic rings. The van der Waals surface area contributed by atoms with Gasteiger partial charge in [-0.05, 0) is 58.7 Å². The Labute approximate surface area is 277 Å². The third-order valence-corrected chi connectivity index (χ3v) is 7.87. The number of hydrogen-bond donors (Lipinski definition) is 0. The highest BCUT2D eigenvalue weighted by Gasteiger charge is 2.39. The first-order valence-electron chi connectivity index (χ1n) is 13.6. The molecular weight excluding hydrogens is 658 g/mol. The zero-order valence-corrected chi connectivity index (χ0v) is 24.5. The van der Waals surface area contributed by atoms with Crippen LogP contribution in [0.5, 0.6) is 0 Å². The molecule has 0 aromatic heterocycles. The largest absolute Gasteiger partial charge is 0.417 e. The molecule has 3 aromatic carbocycles. The second-order valence-electron chi connectivity index (χ2n) is 10.4. The standard InChI is InChI=1S/C36H8F6N8/c37-35(38,39)29-3-1-17(5-19(29)9-43)31-27(15-49)23-7-26-24(8-25(23)33(31)21(11-45)12-46)28(16-50)32(34(26)22(13-47)14-48)18-2-4-30(36(40,41)42)20(6-18)10-44/h1-8H. The maximum atomic E-state index is 13.6. The van der Waals surface area contributed by atoms with E-state index in [4.69, 9.17) is 0 Å². The molecule has 0 amide bonds. The Morgan fingerprint density at radius 1 is 0.440 bits per heavy atom. The number of nitrogens with zero attached hydrogens (tertiary/aromatic N) is 8. The lowest BCUT2D eigenvalue weighted by molar-refractivity contribution is -0.138. The summed E-state index contributed by atoms with van der Waals surface area (Å²) in [6, 6.07) is 20.7.